The molecular weight excluding hydrogens is 234 g/mol. The van der Waals surface area contributed by atoms with Crippen molar-refractivity contribution in [3.63, 3.8) is 0 Å². The lowest BCUT2D eigenvalue weighted by Gasteiger charge is -2.30. The smallest absolute Gasteiger partial charge is 0.0553 e. The zero-order chi connectivity index (χ0) is 13.9. The van der Waals surface area contributed by atoms with E-state index in [0.29, 0.717) is 0 Å². The Kier molecular flexibility index (Phi) is 4.32. The zero-order valence-electron chi connectivity index (χ0n) is 12.5. The van der Waals surface area contributed by atoms with Crippen molar-refractivity contribution in [1.82, 2.24) is 0 Å². The van der Waals surface area contributed by atoms with Gasteiger partial charge in [0.25, 0.3) is 0 Å². The average Bonchev–Trinajstić information content (AvgIpc) is 2.89. The largest absolute Gasteiger partial charge is 0.384 e. The quantitative estimate of drug-likeness (QED) is 0.882. The number of benzene rings is 1. The third-order valence-electron chi connectivity index (χ3n) is 4.74. The number of nitrogens with two attached hydrogens (primary N) is 1. The van der Waals surface area contributed by atoms with E-state index in [1.54, 1.807) is 7.11 Å². The van der Waals surface area contributed by atoms with Crippen molar-refractivity contribution in [3.8, 4) is 0 Å². The second kappa shape index (κ2) is 5.64. The Morgan fingerprint density at radius 3 is 2.21 bits per heavy atom. The lowest BCUT2D eigenvalue weighted by atomic mass is 9.77. The first-order valence-electron chi connectivity index (χ1n) is 7.34. The highest BCUT2D eigenvalue weighted by molar-refractivity contribution is 5.33. The van der Waals surface area contributed by atoms with Crippen molar-refractivity contribution in [1.29, 1.82) is 0 Å². The molecule has 0 atom stereocenters. The van der Waals surface area contributed by atoms with Crippen LogP contribution in [0, 0.1) is 0 Å². The Hall–Kier alpha value is -0.860. The minimum Gasteiger partial charge on any atom is -0.384 e. The molecule has 1 aromatic rings. The van der Waals surface area contributed by atoms with Crippen LogP contribution in [-0.2, 0) is 15.6 Å². The fourth-order valence-corrected chi connectivity index (χ4v) is 3.38. The number of hydrogen-bond acceptors (Lipinski definition) is 2. The van der Waals surface area contributed by atoms with Gasteiger partial charge in [0.05, 0.1) is 6.61 Å². The molecule has 0 bridgehead atoms. The Morgan fingerprint density at radius 2 is 1.74 bits per heavy atom. The molecule has 0 amide bonds. The molecule has 1 aliphatic rings. The first kappa shape index (κ1) is 14.5. The molecule has 0 radical (unpaired) electrons. The van der Waals surface area contributed by atoms with Gasteiger partial charge in [-0.25, -0.2) is 0 Å². The molecule has 106 valence electrons. The highest BCUT2D eigenvalue weighted by atomic mass is 16.5. The van der Waals surface area contributed by atoms with E-state index in [1.165, 1.54) is 36.8 Å². The van der Waals surface area contributed by atoms with Gasteiger partial charge >= 0.3 is 0 Å². The second-order valence-corrected chi connectivity index (χ2v) is 6.59. The van der Waals surface area contributed by atoms with Crippen molar-refractivity contribution < 1.29 is 4.74 Å². The van der Waals surface area contributed by atoms with Crippen molar-refractivity contribution in [2.24, 2.45) is 5.73 Å². The standard InChI is InChI=1S/C17H27NO/c1-16(2,13-19-3)14-6-8-15(9-7-14)17(12-18)10-4-5-11-17/h6-9H,4-5,10-13,18H2,1-3H3. The molecule has 0 saturated heterocycles. The first-order valence-corrected chi connectivity index (χ1v) is 7.34. The molecule has 0 spiro atoms. The topological polar surface area (TPSA) is 35.2 Å². The van der Waals surface area contributed by atoms with Crippen molar-refractivity contribution in [2.75, 3.05) is 20.3 Å². The molecule has 1 aromatic carbocycles. The van der Waals surface area contributed by atoms with Gasteiger partial charge in [0.15, 0.2) is 0 Å². The van der Waals surface area contributed by atoms with Gasteiger partial charge in [-0.1, -0.05) is 51.0 Å². The maximum Gasteiger partial charge on any atom is 0.0553 e. The first-order chi connectivity index (χ1) is 9.04. The molecule has 19 heavy (non-hydrogen) atoms. The predicted molar refractivity (Wildman–Crippen MR) is 80.5 cm³/mol. The molecule has 1 fully saturated rings. The molecule has 2 rings (SSSR count). The summed E-state index contributed by atoms with van der Waals surface area (Å²) in [6.07, 6.45) is 5.11. The third kappa shape index (κ3) is 2.85. The van der Waals surface area contributed by atoms with Crippen LogP contribution in [-0.4, -0.2) is 20.3 Å². The van der Waals surface area contributed by atoms with E-state index in [4.69, 9.17) is 10.5 Å². The van der Waals surface area contributed by atoms with E-state index in [-0.39, 0.29) is 10.8 Å². The van der Waals surface area contributed by atoms with Gasteiger partial charge in [-0.15, -0.1) is 0 Å². The minimum absolute atomic E-state index is 0.0683. The maximum absolute atomic E-state index is 6.05. The Bertz CT molecular complexity index is 402. The lowest BCUT2D eigenvalue weighted by Crippen LogP contribution is -2.32. The predicted octanol–water partition coefficient (Wildman–Crippen LogP) is 3.38. The number of hydrogen-bond donors (Lipinski definition) is 1. The minimum atomic E-state index is 0.0683. The van der Waals surface area contributed by atoms with Crippen LogP contribution >= 0.6 is 0 Å². The highest BCUT2D eigenvalue weighted by Gasteiger charge is 2.34. The summed E-state index contributed by atoms with van der Waals surface area (Å²) in [5, 5.41) is 0. The monoisotopic (exact) mass is 261 g/mol. The highest BCUT2D eigenvalue weighted by Crippen LogP contribution is 2.40. The van der Waals surface area contributed by atoms with Crippen LogP contribution in [0.5, 0.6) is 0 Å². The van der Waals surface area contributed by atoms with E-state index in [9.17, 15) is 0 Å². The summed E-state index contributed by atoms with van der Waals surface area (Å²) in [6, 6.07) is 9.07. The average molecular weight is 261 g/mol. The summed E-state index contributed by atoms with van der Waals surface area (Å²) in [5.41, 5.74) is 9.12. The van der Waals surface area contributed by atoms with Gasteiger partial charge in [-0.05, 0) is 24.0 Å². The lowest BCUT2D eigenvalue weighted by molar-refractivity contribution is 0.146. The third-order valence-corrected chi connectivity index (χ3v) is 4.74. The summed E-state index contributed by atoms with van der Waals surface area (Å²) in [4.78, 5) is 0. The van der Waals surface area contributed by atoms with E-state index in [0.717, 1.165) is 13.2 Å². The van der Waals surface area contributed by atoms with Crippen LogP contribution in [0.4, 0.5) is 0 Å². The van der Waals surface area contributed by atoms with Crippen molar-refractivity contribution >= 4 is 0 Å². The molecule has 2 N–H and O–H groups in total. The molecule has 1 saturated carbocycles. The van der Waals surface area contributed by atoms with Crippen LogP contribution in [0.1, 0.15) is 50.7 Å². The molecule has 1 aliphatic carbocycles. The molecule has 0 unspecified atom stereocenters. The molecule has 0 heterocycles. The summed E-state index contributed by atoms with van der Waals surface area (Å²) in [5.74, 6) is 0. The summed E-state index contributed by atoms with van der Waals surface area (Å²) in [7, 11) is 1.76. The molecular formula is C17H27NO. The number of methoxy groups -OCH3 is 1. The van der Waals surface area contributed by atoms with E-state index < -0.39 is 0 Å². The fraction of sp³-hybridized carbons (Fsp3) is 0.647. The molecule has 2 nitrogen and oxygen atoms in total. The van der Waals surface area contributed by atoms with Crippen LogP contribution in [0.2, 0.25) is 0 Å². The zero-order valence-corrected chi connectivity index (χ0v) is 12.5. The van der Waals surface area contributed by atoms with Gasteiger partial charge in [-0.2, -0.15) is 0 Å². The Labute approximate surface area is 117 Å². The fourth-order valence-electron chi connectivity index (χ4n) is 3.38. The van der Waals surface area contributed by atoms with Gasteiger partial charge in [0.2, 0.25) is 0 Å². The van der Waals surface area contributed by atoms with Crippen molar-refractivity contribution in [3.05, 3.63) is 35.4 Å². The van der Waals surface area contributed by atoms with Crippen LogP contribution in [0.15, 0.2) is 24.3 Å². The number of rotatable bonds is 5. The summed E-state index contributed by atoms with van der Waals surface area (Å²) >= 11 is 0. The van der Waals surface area contributed by atoms with E-state index >= 15 is 0 Å². The Morgan fingerprint density at radius 1 is 1.16 bits per heavy atom. The van der Waals surface area contributed by atoms with Gasteiger partial charge < -0.3 is 10.5 Å². The van der Waals surface area contributed by atoms with Crippen LogP contribution in [0.25, 0.3) is 0 Å². The van der Waals surface area contributed by atoms with Crippen LogP contribution < -0.4 is 5.73 Å². The van der Waals surface area contributed by atoms with Crippen molar-refractivity contribution in [2.45, 2.75) is 50.4 Å². The van der Waals surface area contributed by atoms with Gasteiger partial charge in [0, 0.05) is 24.5 Å². The summed E-state index contributed by atoms with van der Waals surface area (Å²) < 4.78 is 5.31. The molecule has 0 aromatic heterocycles. The SMILES string of the molecule is COCC(C)(C)c1ccc(C2(CN)CCCC2)cc1. The normalized spacial score (nSPS) is 18.7. The number of ether oxygens (including phenoxy) is 1. The van der Waals surface area contributed by atoms with Gasteiger partial charge in [-0.3, -0.25) is 0 Å². The van der Waals surface area contributed by atoms with E-state index in [2.05, 4.69) is 38.1 Å². The van der Waals surface area contributed by atoms with Gasteiger partial charge in [0.1, 0.15) is 0 Å². The second-order valence-electron chi connectivity index (χ2n) is 6.59. The van der Waals surface area contributed by atoms with Crippen LogP contribution in [0.3, 0.4) is 0 Å². The molecule has 2 heteroatoms. The maximum atomic E-state index is 6.05. The summed E-state index contributed by atoms with van der Waals surface area (Å²) in [6.45, 7) is 5.96. The molecule has 0 aliphatic heterocycles. The van der Waals surface area contributed by atoms with E-state index in [1.807, 2.05) is 0 Å². The Balaban J connectivity index is 2.23.